The number of esters is 3. The van der Waals surface area contributed by atoms with Gasteiger partial charge in [0.2, 0.25) is 5.91 Å². The summed E-state index contributed by atoms with van der Waals surface area (Å²) in [6, 6.07) is 44.5. The zero-order valence-corrected chi connectivity index (χ0v) is 28.9. The van der Waals surface area contributed by atoms with Gasteiger partial charge >= 0.3 is 17.9 Å². The van der Waals surface area contributed by atoms with Crippen LogP contribution in [-0.4, -0.2) is 42.9 Å². The molecule has 6 rings (SSSR count). The maximum Gasteiger partial charge on any atom is 0.311 e. The summed E-state index contributed by atoms with van der Waals surface area (Å²) in [6.07, 6.45) is -0.835. The first-order valence-corrected chi connectivity index (χ1v) is 17.0. The molecule has 1 fully saturated rings. The molecule has 264 valence electrons. The van der Waals surface area contributed by atoms with Gasteiger partial charge in [-0.2, -0.15) is 0 Å². The van der Waals surface area contributed by atoms with Crippen LogP contribution in [0.1, 0.15) is 28.4 Å². The van der Waals surface area contributed by atoms with E-state index in [4.69, 9.17) is 18.9 Å². The van der Waals surface area contributed by atoms with Crippen molar-refractivity contribution < 1.29 is 38.1 Å². The molecular formula is C43H39NO8. The van der Waals surface area contributed by atoms with Crippen LogP contribution in [0.5, 0.6) is 11.5 Å². The first kappa shape index (κ1) is 35.6. The van der Waals surface area contributed by atoms with E-state index in [0.717, 1.165) is 11.1 Å². The van der Waals surface area contributed by atoms with Gasteiger partial charge in [0.25, 0.3) is 0 Å². The van der Waals surface area contributed by atoms with Gasteiger partial charge in [0.1, 0.15) is 11.5 Å². The predicted octanol–water partition coefficient (Wildman–Crippen LogP) is 7.16. The number of benzene rings is 5. The molecule has 9 heteroatoms. The summed E-state index contributed by atoms with van der Waals surface area (Å²) in [5.41, 5.74) is 3.03. The van der Waals surface area contributed by atoms with Crippen molar-refractivity contribution in [1.82, 2.24) is 4.90 Å². The second-order valence-corrected chi connectivity index (χ2v) is 12.5. The second kappa shape index (κ2) is 16.7. The van der Waals surface area contributed by atoms with Crippen molar-refractivity contribution in [3.05, 3.63) is 168 Å². The third kappa shape index (κ3) is 8.05. The fourth-order valence-electron chi connectivity index (χ4n) is 6.72. The molecule has 1 amide bonds. The van der Waals surface area contributed by atoms with Gasteiger partial charge in [0, 0.05) is 13.1 Å². The topological polar surface area (TPSA) is 108 Å². The SMILES string of the molecule is COC(=O)[C@@H]1[C@H](C(=O)OC)[C@@H](C(=O)N(Cc2ccccc2)Cc2ccc(Oc3ccccc3)cc2)[C@H]1C(=O)OC(c1ccccc1)c1ccccc1. The van der Waals surface area contributed by atoms with Gasteiger partial charge in [0.05, 0.1) is 37.9 Å². The highest BCUT2D eigenvalue weighted by atomic mass is 16.6. The van der Waals surface area contributed by atoms with Crippen molar-refractivity contribution in [3.8, 4) is 11.5 Å². The molecule has 1 aliphatic rings. The van der Waals surface area contributed by atoms with Crippen LogP contribution >= 0.6 is 0 Å². The highest BCUT2D eigenvalue weighted by molar-refractivity contribution is 5.99. The summed E-state index contributed by atoms with van der Waals surface area (Å²) in [6.45, 7) is 0.318. The van der Waals surface area contributed by atoms with Crippen LogP contribution in [-0.2, 0) is 46.5 Å². The number of methoxy groups -OCH3 is 2. The van der Waals surface area contributed by atoms with Crippen molar-refractivity contribution >= 4 is 23.8 Å². The van der Waals surface area contributed by atoms with Crippen LogP contribution in [0.2, 0.25) is 0 Å². The van der Waals surface area contributed by atoms with Gasteiger partial charge < -0.3 is 23.8 Å². The molecule has 0 saturated heterocycles. The van der Waals surface area contributed by atoms with Crippen LogP contribution in [0.4, 0.5) is 0 Å². The lowest BCUT2D eigenvalue weighted by Gasteiger charge is -2.47. The minimum absolute atomic E-state index is 0.144. The van der Waals surface area contributed by atoms with Crippen molar-refractivity contribution in [2.75, 3.05) is 14.2 Å². The zero-order chi connectivity index (χ0) is 36.5. The first-order chi connectivity index (χ1) is 25.4. The quantitative estimate of drug-likeness (QED) is 0.0942. The van der Waals surface area contributed by atoms with Crippen LogP contribution in [0.3, 0.4) is 0 Å². The fourth-order valence-corrected chi connectivity index (χ4v) is 6.72. The van der Waals surface area contributed by atoms with E-state index in [1.54, 1.807) is 4.90 Å². The van der Waals surface area contributed by atoms with Crippen LogP contribution in [0, 0.1) is 23.7 Å². The van der Waals surface area contributed by atoms with Gasteiger partial charge in [-0.05, 0) is 46.5 Å². The van der Waals surface area contributed by atoms with Gasteiger partial charge in [-0.1, -0.05) is 121 Å². The molecule has 1 aliphatic carbocycles. The summed E-state index contributed by atoms with van der Waals surface area (Å²) in [5, 5.41) is 0. The Bertz CT molecular complexity index is 1910. The maximum atomic E-state index is 14.8. The summed E-state index contributed by atoms with van der Waals surface area (Å²) < 4.78 is 22.3. The average molecular weight is 698 g/mol. The minimum atomic E-state index is -1.32. The number of amides is 1. The van der Waals surface area contributed by atoms with Crippen LogP contribution in [0.25, 0.3) is 0 Å². The third-order valence-corrected chi connectivity index (χ3v) is 9.29. The molecular weight excluding hydrogens is 658 g/mol. The molecule has 0 N–H and O–H groups in total. The van der Waals surface area contributed by atoms with Crippen LogP contribution in [0.15, 0.2) is 146 Å². The monoisotopic (exact) mass is 697 g/mol. The number of nitrogens with zero attached hydrogens (tertiary/aromatic N) is 1. The molecule has 0 aliphatic heterocycles. The van der Waals surface area contributed by atoms with Crippen molar-refractivity contribution in [2.24, 2.45) is 23.7 Å². The number of rotatable bonds is 13. The summed E-state index contributed by atoms with van der Waals surface area (Å²) in [5.74, 6) is -6.72. The lowest BCUT2D eigenvalue weighted by atomic mass is 9.55. The molecule has 0 heterocycles. The molecule has 1 saturated carbocycles. The molecule has 9 nitrogen and oxygen atoms in total. The van der Waals surface area contributed by atoms with E-state index >= 15 is 0 Å². The molecule has 52 heavy (non-hydrogen) atoms. The standard InChI is InChI=1S/C43H39NO8/c1-49-41(46)36-35(37(38(36)42(47)50-2)43(48)52-39(31-17-9-4-10-18-31)32-19-11-5-12-20-32)40(45)44(27-29-15-7-3-8-16-29)28-30-23-25-34(26-24-30)51-33-21-13-6-14-22-33/h3-26,35-39H,27-28H2,1-2H3/t35-,36-,37-,38-/m1/s1. The van der Waals surface area contributed by atoms with Gasteiger partial charge in [0.15, 0.2) is 6.10 Å². The van der Waals surface area contributed by atoms with Crippen molar-refractivity contribution in [2.45, 2.75) is 19.2 Å². The van der Waals surface area contributed by atoms with Gasteiger partial charge in [-0.15, -0.1) is 0 Å². The van der Waals surface area contributed by atoms with Gasteiger partial charge in [-0.25, -0.2) is 0 Å². The van der Waals surface area contributed by atoms with E-state index in [1.807, 2.05) is 146 Å². The van der Waals surface area contributed by atoms with Gasteiger partial charge in [-0.3, -0.25) is 19.2 Å². The number of carbonyl (C=O) groups is 4. The number of ether oxygens (including phenoxy) is 4. The Kier molecular flexibility index (Phi) is 11.4. The maximum absolute atomic E-state index is 14.8. The Balaban J connectivity index is 1.33. The smallest absolute Gasteiger partial charge is 0.311 e. The van der Waals surface area contributed by atoms with E-state index in [-0.39, 0.29) is 13.1 Å². The van der Waals surface area contributed by atoms with E-state index in [2.05, 4.69) is 0 Å². The molecule has 5 aromatic carbocycles. The molecule has 0 aromatic heterocycles. The van der Waals surface area contributed by atoms with Crippen LogP contribution < -0.4 is 4.74 Å². The lowest BCUT2D eigenvalue weighted by molar-refractivity contribution is -0.196. The Morgan fingerprint density at radius 1 is 0.500 bits per heavy atom. The Morgan fingerprint density at radius 2 is 0.904 bits per heavy atom. The molecule has 5 aromatic rings. The number of carbonyl (C=O) groups excluding carboxylic acids is 4. The first-order valence-electron chi connectivity index (χ1n) is 17.0. The highest BCUT2D eigenvalue weighted by Gasteiger charge is 2.65. The normalized spacial score (nSPS) is 17.7. The fraction of sp³-hybridized carbons (Fsp3) is 0.209. The molecule has 4 atom stereocenters. The molecule has 0 spiro atoms. The predicted molar refractivity (Wildman–Crippen MR) is 192 cm³/mol. The third-order valence-electron chi connectivity index (χ3n) is 9.29. The largest absolute Gasteiger partial charge is 0.469 e. The minimum Gasteiger partial charge on any atom is -0.469 e. The summed E-state index contributed by atoms with van der Waals surface area (Å²) in [7, 11) is 2.36. The van der Waals surface area contributed by atoms with E-state index in [9.17, 15) is 19.2 Å². The number of hydrogen-bond acceptors (Lipinski definition) is 8. The van der Waals surface area contributed by atoms with Crippen molar-refractivity contribution in [1.29, 1.82) is 0 Å². The number of para-hydroxylation sites is 1. The molecule has 0 radical (unpaired) electrons. The van der Waals surface area contributed by atoms with Crippen molar-refractivity contribution in [3.63, 3.8) is 0 Å². The second-order valence-electron chi connectivity index (χ2n) is 12.5. The highest BCUT2D eigenvalue weighted by Crippen LogP contribution is 2.50. The zero-order valence-electron chi connectivity index (χ0n) is 28.9. The van der Waals surface area contributed by atoms with E-state index < -0.39 is 53.6 Å². The Morgan fingerprint density at radius 3 is 1.40 bits per heavy atom. The summed E-state index contributed by atoms with van der Waals surface area (Å²) in [4.78, 5) is 57.3. The number of hydrogen-bond donors (Lipinski definition) is 0. The van der Waals surface area contributed by atoms with E-state index in [1.165, 1.54) is 14.2 Å². The average Bonchev–Trinajstić information content (AvgIpc) is 3.18. The Hall–Kier alpha value is -6.22. The Labute approximate surface area is 302 Å². The molecule has 0 unspecified atom stereocenters. The lowest BCUT2D eigenvalue weighted by Crippen LogP contribution is -2.63. The molecule has 0 bridgehead atoms. The summed E-state index contributed by atoms with van der Waals surface area (Å²) >= 11 is 0. The van der Waals surface area contributed by atoms with E-state index in [0.29, 0.717) is 22.6 Å².